The van der Waals surface area contributed by atoms with Crippen molar-refractivity contribution in [3.8, 4) is 5.75 Å². The number of amides is 1. The van der Waals surface area contributed by atoms with E-state index in [9.17, 15) is 22.7 Å². The Hall–Kier alpha value is -2.94. The van der Waals surface area contributed by atoms with E-state index < -0.39 is 26.4 Å². The molecule has 2 aliphatic carbocycles. The molecule has 222 valence electrons. The van der Waals surface area contributed by atoms with Crippen LogP contribution in [0, 0.1) is 17.7 Å². The number of hydrogen-bond donors (Lipinski definition) is 1. The molecule has 1 N–H and O–H groups in total. The molecule has 3 aromatic rings. The second-order valence-corrected chi connectivity index (χ2v) is 14.4. The fraction of sp³-hybridized carbons (Fsp3) is 0.424. The van der Waals surface area contributed by atoms with Gasteiger partial charge < -0.3 is 14.7 Å². The highest BCUT2D eigenvalue weighted by Gasteiger charge is 2.61. The molecule has 1 amide bonds. The third-order valence-electron chi connectivity index (χ3n) is 9.57. The van der Waals surface area contributed by atoms with Gasteiger partial charge in [-0.1, -0.05) is 41.9 Å². The van der Waals surface area contributed by atoms with Crippen LogP contribution in [0.4, 0.5) is 4.39 Å². The van der Waals surface area contributed by atoms with Gasteiger partial charge in [-0.3, -0.25) is 4.79 Å². The quantitative estimate of drug-likeness (QED) is 0.350. The minimum absolute atomic E-state index is 0.0340. The topological polar surface area (TPSA) is 83.9 Å². The lowest BCUT2D eigenvalue weighted by Crippen LogP contribution is -2.53. The summed E-state index contributed by atoms with van der Waals surface area (Å²) < 4.78 is 48.2. The lowest BCUT2D eigenvalue weighted by atomic mass is 9.78. The minimum atomic E-state index is -3.90. The summed E-state index contributed by atoms with van der Waals surface area (Å²) in [6, 6.07) is 17.9. The molecule has 1 heterocycles. The van der Waals surface area contributed by atoms with E-state index in [1.165, 1.54) is 6.07 Å². The zero-order valence-corrected chi connectivity index (χ0v) is 24.9. The summed E-state index contributed by atoms with van der Waals surface area (Å²) in [5.74, 6) is 0.178. The summed E-state index contributed by atoms with van der Waals surface area (Å²) in [6.45, 7) is 0.460. The molecule has 0 bridgehead atoms. The Morgan fingerprint density at radius 1 is 1.02 bits per heavy atom. The Balaban J connectivity index is 1.35. The molecule has 1 aliphatic heterocycles. The van der Waals surface area contributed by atoms with E-state index in [0.29, 0.717) is 37.1 Å². The number of ether oxygens (including phenoxy) is 1. The Kier molecular flexibility index (Phi) is 8.07. The van der Waals surface area contributed by atoms with Crippen molar-refractivity contribution < 1.29 is 27.4 Å². The van der Waals surface area contributed by atoms with Gasteiger partial charge in [0.05, 0.1) is 16.0 Å². The number of likely N-dealkylation sites (tertiary alicyclic amines) is 1. The van der Waals surface area contributed by atoms with Gasteiger partial charge in [-0.05, 0) is 98.4 Å². The van der Waals surface area contributed by atoms with Crippen LogP contribution in [-0.4, -0.2) is 43.5 Å². The number of benzene rings is 3. The Labute approximate surface area is 251 Å². The Morgan fingerprint density at radius 2 is 1.79 bits per heavy atom. The van der Waals surface area contributed by atoms with Crippen LogP contribution in [-0.2, 0) is 32.4 Å². The molecule has 2 atom stereocenters. The predicted molar refractivity (Wildman–Crippen MR) is 158 cm³/mol. The van der Waals surface area contributed by atoms with Crippen molar-refractivity contribution in [1.82, 2.24) is 4.90 Å². The van der Waals surface area contributed by atoms with Gasteiger partial charge in [0.25, 0.3) is 0 Å². The van der Waals surface area contributed by atoms with Crippen molar-refractivity contribution in [3.63, 3.8) is 0 Å². The van der Waals surface area contributed by atoms with E-state index in [-0.39, 0.29) is 46.4 Å². The van der Waals surface area contributed by atoms with Crippen LogP contribution in [0.2, 0.25) is 5.02 Å². The van der Waals surface area contributed by atoms with E-state index in [0.717, 1.165) is 31.2 Å². The number of carbonyl (C=O) groups is 1. The molecule has 1 saturated carbocycles. The SMILES string of the molecule is O=C(C1CCC(CO)CC1)N1CC[C@@]2(S(=O)(=O)c3ccccc3)c3ccc(OCc4c(F)cccc4Cl)cc3CC[C@@H]12. The fourth-order valence-electron chi connectivity index (χ4n) is 7.32. The van der Waals surface area contributed by atoms with Crippen molar-refractivity contribution in [1.29, 1.82) is 0 Å². The molecule has 0 radical (unpaired) electrons. The van der Waals surface area contributed by atoms with Gasteiger partial charge in [0.15, 0.2) is 9.84 Å². The molecule has 6 nitrogen and oxygen atoms in total. The number of carbonyl (C=O) groups excluding carboxylic acids is 1. The Morgan fingerprint density at radius 3 is 2.50 bits per heavy atom. The van der Waals surface area contributed by atoms with Crippen molar-refractivity contribution in [2.24, 2.45) is 11.8 Å². The van der Waals surface area contributed by atoms with Gasteiger partial charge in [0.2, 0.25) is 5.91 Å². The zero-order valence-electron chi connectivity index (χ0n) is 23.3. The summed E-state index contributed by atoms with van der Waals surface area (Å²) >= 11 is 6.18. The lowest BCUT2D eigenvalue weighted by Gasteiger charge is -2.43. The first kappa shape index (κ1) is 29.1. The molecule has 0 spiro atoms. The van der Waals surface area contributed by atoms with Gasteiger partial charge in [-0.25, -0.2) is 12.8 Å². The number of fused-ring (bicyclic) bond motifs is 3. The maximum Gasteiger partial charge on any atom is 0.225 e. The Bertz CT molecular complexity index is 1550. The highest BCUT2D eigenvalue weighted by molar-refractivity contribution is 7.92. The summed E-state index contributed by atoms with van der Waals surface area (Å²) in [7, 11) is -3.90. The largest absolute Gasteiger partial charge is 0.489 e. The fourth-order valence-corrected chi connectivity index (χ4v) is 9.93. The zero-order chi connectivity index (χ0) is 29.5. The normalized spacial score (nSPS) is 25.5. The molecule has 6 rings (SSSR count). The van der Waals surface area contributed by atoms with Crippen LogP contribution in [0.5, 0.6) is 5.75 Å². The maximum atomic E-state index is 14.6. The van der Waals surface area contributed by atoms with E-state index >= 15 is 0 Å². The molecule has 0 unspecified atom stereocenters. The van der Waals surface area contributed by atoms with Crippen molar-refractivity contribution >= 4 is 27.3 Å². The molecule has 3 aromatic carbocycles. The van der Waals surface area contributed by atoms with Crippen LogP contribution in [0.15, 0.2) is 71.6 Å². The second kappa shape index (κ2) is 11.6. The molecule has 9 heteroatoms. The second-order valence-electron chi connectivity index (χ2n) is 11.8. The van der Waals surface area contributed by atoms with E-state index in [2.05, 4.69) is 0 Å². The van der Waals surface area contributed by atoms with Gasteiger partial charge >= 0.3 is 0 Å². The monoisotopic (exact) mass is 611 g/mol. The summed E-state index contributed by atoms with van der Waals surface area (Å²) in [4.78, 5) is 16.0. The van der Waals surface area contributed by atoms with Crippen LogP contribution in [0.3, 0.4) is 0 Å². The summed E-state index contributed by atoms with van der Waals surface area (Å²) in [5.41, 5.74) is 1.83. The number of sulfone groups is 1. The third-order valence-corrected chi connectivity index (χ3v) is 12.5. The highest BCUT2D eigenvalue weighted by atomic mass is 35.5. The molecule has 3 aliphatic rings. The average molecular weight is 612 g/mol. The molecule has 1 saturated heterocycles. The van der Waals surface area contributed by atoms with Crippen LogP contribution in [0.1, 0.15) is 55.2 Å². The molecule has 0 aromatic heterocycles. The van der Waals surface area contributed by atoms with E-state index in [1.807, 2.05) is 17.0 Å². The lowest BCUT2D eigenvalue weighted by molar-refractivity contribution is -0.138. The smallest absolute Gasteiger partial charge is 0.225 e. The predicted octanol–water partition coefficient (Wildman–Crippen LogP) is 6.07. The standard InChI is InChI=1S/C33H35ClFNO5S/c34-29-7-4-8-30(35)27(29)21-41-25-14-15-28-24(19-25)13-16-31-33(28,42(39,40)26-5-2-1-3-6-26)17-18-36(31)32(38)23-11-9-22(20-37)10-12-23/h1-8,14-15,19,22-23,31,37H,9-13,16-18,20-21H2/t22?,23?,31-,33-/m1/s1. The van der Waals surface area contributed by atoms with E-state index in [4.69, 9.17) is 16.3 Å². The van der Waals surface area contributed by atoms with Crippen molar-refractivity contribution in [3.05, 3.63) is 94.3 Å². The van der Waals surface area contributed by atoms with Gasteiger partial charge in [-0.15, -0.1) is 0 Å². The number of rotatable bonds is 7. The third kappa shape index (κ3) is 4.91. The average Bonchev–Trinajstić information content (AvgIpc) is 3.42. The van der Waals surface area contributed by atoms with Crippen molar-refractivity contribution in [2.45, 2.75) is 67.2 Å². The van der Waals surface area contributed by atoms with Crippen LogP contribution >= 0.6 is 11.6 Å². The van der Waals surface area contributed by atoms with Gasteiger partial charge in [-0.2, -0.15) is 0 Å². The van der Waals surface area contributed by atoms with Crippen molar-refractivity contribution in [2.75, 3.05) is 13.2 Å². The molecular formula is C33H35ClFNO5S. The number of aryl methyl sites for hydroxylation is 1. The molecule has 2 fully saturated rings. The summed E-state index contributed by atoms with van der Waals surface area (Å²) in [5, 5.41) is 9.83. The first-order valence-electron chi connectivity index (χ1n) is 14.7. The van der Waals surface area contributed by atoms with Gasteiger partial charge in [0, 0.05) is 24.6 Å². The van der Waals surface area contributed by atoms with Crippen LogP contribution < -0.4 is 4.74 Å². The van der Waals surface area contributed by atoms with Crippen LogP contribution in [0.25, 0.3) is 0 Å². The summed E-state index contributed by atoms with van der Waals surface area (Å²) in [6.07, 6.45) is 4.46. The first-order chi connectivity index (χ1) is 20.3. The maximum absolute atomic E-state index is 14.6. The highest BCUT2D eigenvalue weighted by Crippen LogP contribution is 2.53. The number of halogens is 2. The number of hydrogen-bond acceptors (Lipinski definition) is 5. The minimum Gasteiger partial charge on any atom is -0.489 e. The number of nitrogens with zero attached hydrogens (tertiary/aromatic N) is 1. The molecular weight excluding hydrogens is 577 g/mol. The first-order valence-corrected chi connectivity index (χ1v) is 16.5. The number of aliphatic hydroxyl groups excluding tert-OH is 1. The molecule has 42 heavy (non-hydrogen) atoms. The number of aliphatic hydroxyl groups is 1. The van der Waals surface area contributed by atoms with Gasteiger partial charge in [0.1, 0.15) is 22.9 Å². The van der Waals surface area contributed by atoms with E-state index in [1.54, 1.807) is 48.5 Å².